The second-order valence-corrected chi connectivity index (χ2v) is 4.49. The third kappa shape index (κ3) is 2.31. The van der Waals surface area contributed by atoms with Crippen molar-refractivity contribution in [2.24, 2.45) is 5.41 Å². The predicted molar refractivity (Wildman–Crippen MR) is 65.2 cm³/mol. The molecular formula is C13H17FN2O. The molecule has 1 atom stereocenters. The Morgan fingerprint density at radius 1 is 1.53 bits per heavy atom. The van der Waals surface area contributed by atoms with Crippen LogP contribution in [0.15, 0.2) is 24.3 Å². The van der Waals surface area contributed by atoms with Gasteiger partial charge in [0.1, 0.15) is 5.82 Å². The fourth-order valence-electron chi connectivity index (χ4n) is 2.22. The van der Waals surface area contributed by atoms with Crippen molar-refractivity contribution in [1.29, 1.82) is 0 Å². The lowest BCUT2D eigenvalue weighted by Gasteiger charge is -2.25. The van der Waals surface area contributed by atoms with E-state index < -0.39 is 5.82 Å². The SMILES string of the molecule is CCC1(C(=O)Nc2ccccc2F)CCNC1. The minimum absolute atomic E-state index is 0.0879. The van der Waals surface area contributed by atoms with Crippen LogP contribution in [0.3, 0.4) is 0 Å². The van der Waals surface area contributed by atoms with E-state index in [1.165, 1.54) is 6.07 Å². The average molecular weight is 236 g/mol. The van der Waals surface area contributed by atoms with Gasteiger partial charge in [0, 0.05) is 6.54 Å². The molecule has 1 aliphatic rings. The van der Waals surface area contributed by atoms with E-state index in [1.807, 2.05) is 6.92 Å². The minimum atomic E-state index is -0.391. The zero-order chi connectivity index (χ0) is 12.3. The molecule has 1 fully saturated rings. The highest BCUT2D eigenvalue weighted by Crippen LogP contribution is 2.31. The molecule has 0 bridgehead atoms. The summed E-state index contributed by atoms with van der Waals surface area (Å²) in [6, 6.07) is 6.25. The van der Waals surface area contributed by atoms with E-state index in [1.54, 1.807) is 18.2 Å². The third-order valence-electron chi connectivity index (χ3n) is 3.52. The first kappa shape index (κ1) is 12.0. The molecule has 92 valence electrons. The first-order chi connectivity index (χ1) is 8.18. The van der Waals surface area contributed by atoms with Crippen molar-refractivity contribution >= 4 is 11.6 Å². The number of hydrogen-bond donors (Lipinski definition) is 2. The maximum Gasteiger partial charge on any atom is 0.231 e. The molecule has 1 unspecified atom stereocenters. The van der Waals surface area contributed by atoms with Gasteiger partial charge >= 0.3 is 0 Å². The molecule has 2 rings (SSSR count). The number of rotatable bonds is 3. The van der Waals surface area contributed by atoms with Gasteiger partial charge in [0.25, 0.3) is 0 Å². The fraction of sp³-hybridized carbons (Fsp3) is 0.462. The smallest absolute Gasteiger partial charge is 0.231 e. The molecule has 1 aliphatic heterocycles. The largest absolute Gasteiger partial charge is 0.323 e. The Balaban J connectivity index is 2.14. The van der Waals surface area contributed by atoms with E-state index in [-0.39, 0.29) is 17.0 Å². The number of benzene rings is 1. The van der Waals surface area contributed by atoms with Crippen molar-refractivity contribution in [2.75, 3.05) is 18.4 Å². The highest BCUT2D eigenvalue weighted by molar-refractivity contribution is 5.95. The Morgan fingerprint density at radius 3 is 2.88 bits per heavy atom. The van der Waals surface area contributed by atoms with Gasteiger partial charge in [0.15, 0.2) is 0 Å². The quantitative estimate of drug-likeness (QED) is 0.844. The number of para-hydroxylation sites is 1. The van der Waals surface area contributed by atoms with Gasteiger partial charge in [-0.15, -0.1) is 0 Å². The van der Waals surface area contributed by atoms with Crippen molar-refractivity contribution in [3.8, 4) is 0 Å². The van der Waals surface area contributed by atoms with Gasteiger partial charge in [0.2, 0.25) is 5.91 Å². The molecular weight excluding hydrogens is 219 g/mol. The highest BCUT2D eigenvalue weighted by atomic mass is 19.1. The predicted octanol–water partition coefficient (Wildman–Crippen LogP) is 2.15. The topological polar surface area (TPSA) is 41.1 Å². The second-order valence-electron chi connectivity index (χ2n) is 4.49. The highest BCUT2D eigenvalue weighted by Gasteiger charge is 2.39. The Bertz CT molecular complexity index is 414. The first-order valence-corrected chi connectivity index (χ1v) is 5.95. The van der Waals surface area contributed by atoms with Gasteiger partial charge in [-0.2, -0.15) is 0 Å². The van der Waals surface area contributed by atoms with Crippen molar-refractivity contribution in [1.82, 2.24) is 5.32 Å². The summed E-state index contributed by atoms with van der Waals surface area (Å²) in [5, 5.41) is 5.88. The summed E-state index contributed by atoms with van der Waals surface area (Å²) in [4.78, 5) is 12.2. The van der Waals surface area contributed by atoms with Crippen LogP contribution in [0.2, 0.25) is 0 Å². The Labute approximate surface area is 100 Å². The number of carbonyl (C=O) groups excluding carboxylic acids is 1. The summed E-state index contributed by atoms with van der Waals surface area (Å²) in [6.45, 7) is 3.51. The van der Waals surface area contributed by atoms with Crippen LogP contribution in [-0.2, 0) is 4.79 Å². The lowest BCUT2D eigenvalue weighted by atomic mass is 9.83. The molecule has 1 aromatic carbocycles. The van der Waals surface area contributed by atoms with Crippen LogP contribution in [0.25, 0.3) is 0 Å². The van der Waals surface area contributed by atoms with Gasteiger partial charge in [0.05, 0.1) is 11.1 Å². The lowest BCUT2D eigenvalue weighted by Crippen LogP contribution is -2.37. The van der Waals surface area contributed by atoms with E-state index >= 15 is 0 Å². The fourth-order valence-corrected chi connectivity index (χ4v) is 2.22. The van der Waals surface area contributed by atoms with Gasteiger partial charge in [-0.3, -0.25) is 4.79 Å². The van der Waals surface area contributed by atoms with Gasteiger partial charge in [-0.05, 0) is 31.5 Å². The molecule has 0 saturated carbocycles. The number of nitrogens with one attached hydrogen (secondary N) is 2. The number of halogens is 1. The summed E-state index contributed by atoms with van der Waals surface area (Å²) in [5.41, 5.74) is -0.125. The number of hydrogen-bond acceptors (Lipinski definition) is 2. The van der Waals surface area contributed by atoms with E-state index in [2.05, 4.69) is 10.6 Å². The van der Waals surface area contributed by atoms with Crippen molar-refractivity contribution < 1.29 is 9.18 Å². The van der Waals surface area contributed by atoms with Crippen LogP contribution in [0.5, 0.6) is 0 Å². The van der Waals surface area contributed by atoms with Gasteiger partial charge in [-0.1, -0.05) is 19.1 Å². The lowest BCUT2D eigenvalue weighted by molar-refractivity contribution is -0.124. The molecule has 0 aliphatic carbocycles. The van der Waals surface area contributed by atoms with Crippen LogP contribution in [0.4, 0.5) is 10.1 Å². The Morgan fingerprint density at radius 2 is 2.29 bits per heavy atom. The molecule has 0 spiro atoms. The molecule has 0 aromatic heterocycles. The van der Waals surface area contributed by atoms with E-state index in [9.17, 15) is 9.18 Å². The van der Waals surface area contributed by atoms with Gasteiger partial charge in [-0.25, -0.2) is 4.39 Å². The summed E-state index contributed by atoms with van der Waals surface area (Å²) < 4.78 is 13.4. The Kier molecular flexibility index (Phi) is 3.43. The van der Waals surface area contributed by atoms with Crippen LogP contribution in [0, 0.1) is 11.2 Å². The maximum absolute atomic E-state index is 13.4. The van der Waals surface area contributed by atoms with E-state index in [4.69, 9.17) is 0 Å². The number of amides is 1. The van der Waals surface area contributed by atoms with Crippen molar-refractivity contribution in [3.63, 3.8) is 0 Å². The van der Waals surface area contributed by atoms with Crippen molar-refractivity contribution in [3.05, 3.63) is 30.1 Å². The average Bonchev–Trinajstić information content (AvgIpc) is 2.82. The van der Waals surface area contributed by atoms with E-state index in [0.29, 0.717) is 6.54 Å². The summed E-state index contributed by atoms with van der Waals surface area (Å²) in [6.07, 6.45) is 1.57. The maximum atomic E-state index is 13.4. The standard InChI is InChI=1S/C13H17FN2O/c1-2-13(7-8-15-9-13)12(17)16-11-6-4-3-5-10(11)14/h3-6,15H,2,7-9H2,1H3,(H,16,17). The summed E-state index contributed by atoms with van der Waals surface area (Å²) in [7, 11) is 0. The number of anilines is 1. The molecule has 0 radical (unpaired) electrons. The third-order valence-corrected chi connectivity index (χ3v) is 3.52. The molecule has 1 heterocycles. The van der Waals surface area contributed by atoms with Crippen molar-refractivity contribution in [2.45, 2.75) is 19.8 Å². The molecule has 1 aromatic rings. The normalized spacial score (nSPS) is 23.6. The first-order valence-electron chi connectivity index (χ1n) is 5.95. The number of carbonyl (C=O) groups is 1. The molecule has 1 amide bonds. The summed E-state index contributed by atoms with van der Waals surface area (Å²) >= 11 is 0. The van der Waals surface area contributed by atoms with E-state index in [0.717, 1.165) is 19.4 Å². The Hall–Kier alpha value is -1.42. The summed E-state index contributed by atoms with van der Waals surface area (Å²) in [5.74, 6) is -0.479. The zero-order valence-corrected chi connectivity index (χ0v) is 9.92. The molecule has 3 nitrogen and oxygen atoms in total. The van der Waals surface area contributed by atoms with Gasteiger partial charge < -0.3 is 10.6 Å². The zero-order valence-electron chi connectivity index (χ0n) is 9.92. The van der Waals surface area contributed by atoms with Crippen LogP contribution in [0.1, 0.15) is 19.8 Å². The second kappa shape index (κ2) is 4.84. The van der Waals surface area contributed by atoms with Crippen LogP contribution >= 0.6 is 0 Å². The molecule has 4 heteroatoms. The molecule has 2 N–H and O–H groups in total. The monoisotopic (exact) mass is 236 g/mol. The van der Waals surface area contributed by atoms with Crippen LogP contribution < -0.4 is 10.6 Å². The minimum Gasteiger partial charge on any atom is -0.323 e. The molecule has 17 heavy (non-hydrogen) atoms. The van der Waals surface area contributed by atoms with Crippen LogP contribution in [-0.4, -0.2) is 19.0 Å². The molecule has 1 saturated heterocycles.